The first-order valence-electron chi connectivity index (χ1n) is 3.79. The average molecular weight is 140 g/mol. The third-order valence-corrected chi connectivity index (χ3v) is 2.37. The highest BCUT2D eigenvalue weighted by Crippen LogP contribution is 2.52. The third kappa shape index (κ3) is 1.10. The van der Waals surface area contributed by atoms with E-state index in [9.17, 15) is 5.11 Å². The molecule has 0 unspecified atom stereocenters. The molecule has 10 heavy (non-hydrogen) atoms. The molecule has 0 aromatic heterocycles. The lowest BCUT2D eigenvalue weighted by Crippen LogP contribution is -1.91. The van der Waals surface area contributed by atoms with Gasteiger partial charge in [-0.25, -0.2) is 0 Å². The molecule has 0 amide bonds. The summed E-state index contributed by atoms with van der Waals surface area (Å²) < 4.78 is 0. The molecule has 1 rings (SSSR count). The van der Waals surface area contributed by atoms with Crippen LogP contribution in [-0.4, -0.2) is 11.2 Å². The van der Waals surface area contributed by atoms with E-state index < -0.39 is 0 Å². The summed E-state index contributed by atoms with van der Waals surface area (Å²) in [6.45, 7) is 8.34. The van der Waals surface area contributed by atoms with Crippen LogP contribution in [0.15, 0.2) is 11.6 Å². The maximum absolute atomic E-state index is 9.36. The Balaban J connectivity index is 2.58. The van der Waals surface area contributed by atoms with Crippen LogP contribution < -0.4 is 0 Å². The lowest BCUT2D eigenvalue weighted by molar-refractivity contribution is 0.232. The standard InChI is InChI=1S/C9H16O/c1-6(2)5-7-8(10)9(7,3)4/h5,7-8,10H,1-4H3/t7-,8-/m1/s1. The number of hydrogen-bond donors (Lipinski definition) is 1. The van der Waals surface area contributed by atoms with Crippen LogP contribution in [0.4, 0.5) is 0 Å². The number of rotatable bonds is 1. The Morgan fingerprint density at radius 2 is 1.80 bits per heavy atom. The second kappa shape index (κ2) is 2.09. The van der Waals surface area contributed by atoms with Gasteiger partial charge in [-0.1, -0.05) is 25.5 Å². The maximum atomic E-state index is 9.36. The van der Waals surface area contributed by atoms with Crippen LogP contribution in [0.2, 0.25) is 0 Å². The minimum atomic E-state index is -0.109. The number of allylic oxidation sites excluding steroid dienone is 1. The van der Waals surface area contributed by atoms with Crippen LogP contribution >= 0.6 is 0 Å². The lowest BCUT2D eigenvalue weighted by atomic mass is 10.1. The molecular formula is C9H16O. The summed E-state index contributed by atoms with van der Waals surface area (Å²) in [4.78, 5) is 0. The van der Waals surface area contributed by atoms with E-state index in [2.05, 4.69) is 33.8 Å². The highest BCUT2D eigenvalue weighted by Gasteiger charge is 2.55. The smallest absolute Gasteiger partial charge is 0.0666 e. The summed E-state index contributed by atoms with van der Waals surface area (Å²) in [5.74, 6) is 0.400. The van der Waals surface area contributed by atoms with Crippen molar-refractivity contribution in [2.24, 2.45) is 11.3 Å². The molecule has 0 aromatic carbocycles. The highest BCUT2D eigenvalue weighted by atomic mass is 16.3. The molecular weight excluding hydrogens is 124 g/mol. The van der Waals surface area contributed by atoms with Crippen molar-refractivity contribution in [1.29, 1.82) is 0 Å². The first-order chi connectivity index (χ1) is 4.46. The van der Waals surface area contributed by atoms with E-state index in [1.54, 1.807) is 0 Å². The molecule has 58 valence electrons. The number of hydrogen-bond acceptors (Lipinski definition) is 1. The van der Waals surface area contributed by atoms with Crippen LogP contribution in [-0.2, 0) is 0 Å². The monoisotopic (exact) mass is 140 g/mol. The predicted octanol–water partition coefficient (Wildman–Crippen LogP) is 1.97. The van der Waals surface area contributed by atoms with Crippen molar-refractivity contribution in [3.8, 4) is 0 Å². The molecule has 0 bridgehead atoms. The quantitative estimate of drug-likeness (QED) is 0.552. The second-order valence-corrected chi connectivity index (χ2v) is 4.04. The molecule has 1 heteroatoms. The van der Waals surface area contributed by atoms with Crippen LogP contribution in [0, 0.1) is 11.3 Å². The zero-order valence-electron chi connectivity index (χ0n) is 7.18. The molecule has 2 atom stereocenters. The topological polar surface area (TPSA) is 20.2 Å². The van der Waals surface area contributed by atoms with E-state index >= 15 is 0 Å². The number of aliphatic hydroxyl groups excluding tert-OH is 1. The average Bonchev–Trinajstić information content (AvgIpc) is 2.17. The van der Waals surface area contributed by atoms with Gasteiger partial charge in [0.2, 0.25) is 0 Å². The largest absolute Gasteiger partial charge is 0.392 e. The normalized spacial score (nSPS) is 35.3. The van der Waals surface area contributed by atoms with Gasteiger partial charge < -0.3 is 5.11 Å². The Hall–Kier alpha value is -0.300. The van der Waals surface area contributed by atoms with Gasteiger partial charge in [0.25, 0.3) is 0 Å². The Labute approximate surface area is 62.8 Å². The van der Waals surface area contributed by atoms with Gasteiger partial charge in [0.1, 0.15) is 0 Å². The molecule has 0 heterocycles. The molecule has 1 aliphatic rings. The maximum Gasteiger partial charge on any atom is 0.0666 e. The van der Waals surface area contributed by atoms with Crippen LogP contribution in [0.5, 0.6) is 0 Å². The van der Waals surface area contributed by atoms with Gasteiger partial charge >= 0.3 is 0 Å². The van der Waals surface area contributed by atoms with E-state index in [1.807, 2.05) is 0 Å². The van der Waals surface area contributed by atoms with Gasteiger partial charge in [0.15, 0.2) is 0 Å². The van der Waals surface area contributed by atoms with Gasteiger partial charge in [-0.15, -0.1) is 0 Å². The summed E-state index contributed by atoms with van der Waals surface area (Å²) in [5, 5.41) is 9.36. The van der Waals surface area contributed by atoms with E-state index in [-0.39, 0.29) is 11.5 Å². The lowest BCUT2D eigenvalue weighted by Gasteiger charge is -1.95. The Kier molecular flexibility index (Phi) is 1.63. The van der Waals surface area contributed by atoms with E-state index in [0.29, 0.717) is 5.92 Å². The van der Waals surface area contributed by atoms with Crippen LogP contribution in [0.1, 0.15) is 27.7 Å². The molecule has 1 fully saturated rings. The van der Waals surface area contributed by atoms with Crippen molar-refractivity contribution in [1.82, 2.24) is 0 Å². The van der Waals surface area contributed by atoms with E-state index in [0.717, 1.165) is 0 Å². The van der Waals surface area contributed by atoms with Crippen molar-refractivity contribution >= 4 is 0 Å². The van der Waals surface area contributed by atoms with E-state index in [4.69, 9.17) is 0 Å². The molecule has 1 nitrogen and oxygen atoms in total. The molecule has 0 aliphatic heterocycles. The SMILES string of the molecule is CC(C)=C[C@@H]1[C@@H](O)C1(C)C. The number of aliphatic hydroxyl groups is 1. The van der Waals surface area contributed by atoms with Gasteiger partial charge in [-0.05, 0) is 13.8 Å². The Bertz CT molecular complexity index is 164. The fourth-order valence-electron chi connectivity index (χ4n) is 1.31. The zero-order chi connectivity index (χ0) is 7.94. The van der Waals surface area contributed by atoms with Crippen LogP contribution in [0.3, 0.4) is 0 Å². The molecule has 1 aliphatic carbocycles. The highest BCUT2D eigenvalue weighted by molar-refractivity contribution is 5.17. The minimum Gasteiger partial charge on any atom is -0.392 e. The predicted molar refractivity (Wildman–Crippen MR) is 42.7 cm³/mol. The van der Waals surface area contributed by atoms with Crippen LogP contribution in [0.25, 0.3) is 0 Å². The Morgan fingerprint density at radius 1 is 1.40 bits per heavy atom. The van der Waals surface area contributed by atoms with Crippen molar-refractivity contribution in [3.63, 3.8) is 0 Å². The first kappa shape index (κ1) is 7.80. The van der Waals surface area contributed by atoms with Crippen molar-refractivity contribution in [2.45, 2.75) is 33.8 Å². The first-order valence-corrected chi connectivity index (χ1v) is 3.79. The molecule has 1 N–H and O–H groups in total. The summed E-state index contributed by atoms with van der Waals surface area (Å²) in [6.07, 6.45) is 2.05. The minimum absolute atomic E-state index is 0.109. The van der Waals surface area contributed by atoms with Gasteiger partial charge in [0.05, 0.1) is 6.10 Å². The fraction of sp³-hybridized carbons (Fsp3) is 0.778. The van der Waals surface area contributed by atoms with Crippen molar-refractivity contribution in [2.75, 3.05) is 0 Å². The summed E-state index contributed by atoms with van der Waals surface area (Å²) in [5.41, 5.74) is 1.44. The molecule has 1 saturated carbocycles. The van der Waals surface area contributed by atoms with Gasteiger partial charge in [-0.3, -0.25) is 0 Å². The third-order valence-electron chi connectivity index (χ3n) is 2.37. The second-order valence-electron chi connectivity index (χ2n) is 4.04. The summed E-state index contributed by atoms with van der Waals surface area (Å²) in [6, 6.07) is 0. The van der Waals surface area contributed by atoms with Gasteiger partial charge in [-0.2, -0.15) is 0 Å². The molecule has 0 radical (unpaired) electrons. The summed E-state index contributed by atoms with van der Waals surface area (Å²) in [7, 11) is 0. The molecule has 0 saturated heterocycles. The Morgan fingerprint density at radius 3 is 1.90 bits per heavy atom. The molecule has 0 spiro atoms. The zero-order valence-corrected chi connectivity index (χ0v) is 7.18. The van der Waals surface area contributed by atoms with E-state index in [1.165, 1.54) is 5.57 Å². The summed E-state index contributed by atoms with van der Waals surface area (Å²) >= 11 is 0. The fourth-order valence-corrected chi connectivity index (χ4v) is 1.31. The van der Waals surface area contributed by atoms with Crippen molar-refractivity contribution < 1.29 is 5.11 Å². The molecule has 0 aromatic rings. The van der Waals surface area contributed by atoms with Crippen molar-refractivity contribution in [3.05, 3.63) is 11.6 Å². The van der Waals surface area contributed by atoms with Gasteiger partial charge in [0, 0.05) is 11.3 Å².